The zero-order valence-electron chi connectivity index (χ0n) is 13.1. The molecule has 0 bridgehead atoms. The molecule has 2 rings (SSSR count). The van der Waals surface area contributed by atoms with Crippen molar-refractivity contribution in [2.75, 3.05) is 20.2 Å². The standard InChI is InChI=1S/C15H22N2O4S/c1-4-11(13-6-5-7-22-13)16-15(19)17-8-10(2)21-12(9-17)14(18)20-3/h5-7,10-12H,4,8-9H2,1-3H3,(H,16,19)/t10-,11?,12-/m1/s1. The number of thiophene rings is 1. The molecule has 1 aromatic rings. The minimum absolute atomic E-state index is 0.0118. The van der Waals surface area contributed by atoms with Crippen LogP contribution in [0.4, 0.5) is 4.79 Å². The van der Waals surface area contributed by atoms with Crippen LogP contribution in [0.5, 0.6) is 0 Å². The summed E-state index contributed by atoms with van der Waals surface area (Å²) < 4.78 is 10.2. The fraction of sp³-hybridized carbons (Fsp3) is 0.600. The molecular formula is C15H22N2O4S. The number of carbonyl (C=O) groups is 2. The van der Waals surface area contributed by atoms with E-state index in [-0.39, 0.29) is 24.7 Å². The summed E-state index contributed by atoms with van der Waals surface area (Å²) in [6.07, 6.45) is -0.112. The predicted molar refractivity (Wildman–Crippen MR) is 83.8 cm³/mol. The van der Waals surface area contributed by atoms with E-state index in [1.54, 1.807) is 16.2 Å². The Bertz CT molecular complexity index is 506. The molecule has 2 amide bonds. The van der Waals surface area contributed by atoms with Crippen LogP contribution < -0.4 is 5.32 Å². The first kappa shape index (κ1) is 16.8. The Balaban J connectivity index is 2.00. The van der Waals surface area contributed by atoms with Gasteiger partial charge in [-0.1, -0.05) is 13.0 Å². The van der Waals surface area contributed by atoms with Gasteiger partial charge in [0.15, 0.2) is 6.10 Å². The molecule has 2 heterocycles. The van der Waals surface area contributed by atoms with Crippen LogP contribution >= 0.6 is 11.3 Å². The smallest absolute Gasteiger partial charge is 0.336 e. The highest BCUT2D eigenvalue weighted by Gasteiger charge is 2.34. The topological polar surface area (TPSA) is 67.9 Å². The summed E-state index contributed by atoms with van der Waals surface area (Å²) in [5.41, 5.74) is 0. The molecule has 1 unspecified atom stereocenters. The summed E-state index contributed by atoms with van der Waals surface area (Å²) in [4.78, 5) is 26.9. The summed E-state index contributed by atoms with van der Waals surface area (Å²) in [6, 6.07) is 3.79. The second-order valence-electron chi connectivity index (χ2n) is 5.29. The molecule has 1 aliphatic heterocycles. The maximum absolute atomic E-state index is 12.5. The first-order valence-corrected chi connectivity index (χ1v) is 8.25. The first-order valence-electron chi connectivity index (χ1n) is 7.37. The number of methoxy groups -OCH3 is 1. The van der Waals surface area contributed by atoms with E-state index in [0.717, 1.165) is 11.3 Å². The van der Waals surface area contributed by atoms with Crippen LogP contribution in [0.2, 0.25) is 0 Å². The molecule has 1 N–H and O–H groups in total. The van der Waals surface area contributed by atoms with E-state index in [9.17, 15) is 9.59 Å². The van der Waals surface area contributed by atoms with Gasteiger partial charge in [0.25, 0.3) is 0 Å². The summed E-state index contributed by atoms with van der Waals surface area (Å²) in [5, 5.41) is 5.02. The lowest BCUT2D eigenvalue weighted by atomic mass is 10.2. The molecule has 7 heteroatoms. The van der Waals surface area contributed by atoms with Crippen LogP contribution in [0.3, 0.4) is 0 Å². The van der Waals surface area contributed by atoms with Gasteiger partial charge in [0, 0.05) is 11.4 Å². The molecule has 0 saturated carbocycles. The van der Waals surface area contributed by atoms with E-state index in [1.807, 2.05) is 31.4 Å². The number of rotatable bonds is 4. The molecule has 6 nitrogen and oxygen atoms in total. The third-order valence-corrected chi connectivity index (χ3v) is 4.59. The third kappa shape index (κ3) is 3.98. The number of esters is 1. The number of nitrogens with zero attached hydrogens (tertiary/aromatic N) is 1. The largest absolute Gasteiger partial charge is 0.467 e. The fourth-order valence-corrected chi connectivity index (χ4v) is 3.34. The highest BCUT2D eigenvalue weighted by Crippen LogP contribution is 2.22. The Labute approximate surface area is 134 Å². The number of nitrogens with one attached hydrogen (secondary N) is 1. The molecule has 0 aliphatic carbocycles. The normalized spacial score (nSPS) is 23.0. The second kappa shape index (κ2) is 7.60. The van der Waals surface area contributed by atoms with Crippen molar-refractivity contribution in [1.82, 2.24) is 10.2 Å². The number of hydrogen-bond donors (Lipinski definition) is 1. The molecule has 22 heavy (non-hydrogen) atoms. The Morgan fingerprint density at radius 2 is 2.32 bits per heavy atom. The molecule has 0 aromatic carbocycles. The van der Waals surface area contributed by atoms with Crippen molar-refractivity contribution >= 4 is 23.3 Å². The van der Waals surface area contributed by atoms with Crippen LogP contribution in [0, 0.1) is 0 Å². The average molecular weight is 326 g/mol. The monoisotopic (exact) mass is 326 g/mol. The lowest BCUT2D eigenvalue weighted by molar-refractivity contribution is -0.164. The SMILES string of the molecule is CCC(NC(=O)N1C[C@@H](C)O[C@@H](C(=O)OC)C1)c1cccs1. The molecule has 1 aliphatic rings. The molecule has 1 fully saturated rings. The quantitative estimate of drug-likeness (QED) is 0.861. The molecule has 3 atom stereocenters. The van der Waals surface area contributed by atoms with Crippen molar-refractivity contribution in [3.05, 3.63) is 22.4 Å². The minimum Gasteiger partial charge on any atom is -0.467 e. The van der Waals surface area contributed by atoms with Crippen molar-refractivity contribution < 1.29 is 19.1 Å². The number of hydrogen-bond acceptors (Lipinski definition) is 5. The molecule has 122 valence electrons. The lowest BCUT2D eigenvalue weighted by Gasteiger charge is -2.36. The Morgan fingerprint density at radius 1 is 1.55 bits per heavy atom. The van der Waals surface area contributed by atoms with E-state index in [2.05, 4.69) is 5.32 Å². The maximum atomic E-state index is 12.5. The average Bonchev–Trinajstić information content (AvgIpc) is 3.05. The van der Waals surface area contributed by atoms with E-state index < -0.39 is 12.1 Å². The lowest BCUT2D eigenvalue weighted by Crippen LogP contribution is -2.55. The van der Waals surface area contributed by atoms with Gasteiger partial charge in [0.05, 0.1) is 25.8 Å². The Kier molecular flexibility index (Phi) is 5.79. The number of morpholine rings is 1. The van der Waals surface area contributed by atoms with Gasteiger partial charge in [0.1, 0.15) is 0 Å². The second-order valence-corrected chi connectivity index (χ2v) is 6.27. The highest BCUT2D eigenvalue weighted by molar-refractivity contribution is 7.10. The number of amides is 2. The van der Waals surface area contributed by atoms with Gasteiger partial charge in [-0.2, -0.15) is 0 Å². The third-order valence-electron chi connectivity index (χ3n) is 3.60. The van der Waals surface area contributed by atoms with Crippen molar-refractivity contribution in [3.8, 4) is 0 Å². The van der Waals surface area contributed by atoms with Crippen LogP contribution in [-0.2, 0) is 14.3 Å². The van der Waals surface area contributed by atoms with E-state index in [0.29, 0.717) is 6.54 Å². The summed E-state index contributed by atoms with van der Waals surface area (Å²) in [5.74, 6) is -0.449. The summed E-state index contributed by atoms with van der Waals surface area (Å²) in [6.45, 7) is 4.54. The van der Waals surface area contributed by atoms with Crippen molar-refractivity contribution in [2.45, 2.75) is 38.5 Å². The molecular weight excluding hydrogens is 304 g/mol. The van der Waals surface area contributed by atoms with Crippen LogP contribution in [0.15, 0.2) is 17.5 Å². The number of carbonyl (C=O) groups excluding carboxylic acids is 2. The Morgan fingerprint density at radius 3 is 2.91 bits per heavy atom. The van der Waals surface area contributed by atoms with Crippen LogP contribution in [0.25, 0.3) is 0 Å². The van der Waals surface area contributed by atoms with Gasteiger partial charge in [-0.3, -0.25) is 0 Å². The first-order chi connectivity index (χ1) is 10.5. The number of ether oxygens (including phenoxy) is 2. The minimum atomic E-state index is -0.721. The predicted octanol–water partition coefficient (Wildman–Crippen LogP) is 2.17. The van der Waals surface area contributed by atoms with E-state index in [4.69, 9.17) is 9.47 Å². The fourth-order valence-electron chi connectivity index (χ4n) is 2.48. The van der Waals surface area contributed by atoms with Gasteiger partial charge in [-0.25, -0.2) is 9.59 Å². The summed E-state index contributed by atoms with van der Waals surface area (Å²) in [7, 11) is 1.32. The van der Waals surface area contributed by atoms with E-state index in [1.165, 1.54) is 7.11 Å². The molecule has 0 spiro atoms. The molecule has 1 saturated heterocycles. The zero-order chi connectivity index (χ0) is 16.1. The van der Waals surface area contributed by atoms with Crippen molar-refractivity contribution in [2.24, 2.45) is 0 Å². The van der Waals surface area contributed by atoms with E-state index >= 15 is 0 Å². The van der Waals surface area contributed by atoms with Crippen LogP contribution in [0.1, 0.15) is 31.2 Å². The van der Waals surface area contributed by atoms with Gasteiger partial charge in [-0.05, 0) is 24.8 Å². The van der Waals surface area contributed by atoms with Gasteiger partial charge >= 0.3 is 12.0 Å². The maximum Gasteiger partial charge on any atom is 0.336 e. The Hall–Kier alpha value is -1.60. The van der Waals surface area contributed by atoms with Crippen molar-refractivity contribution in [3.63, 3.8) is 0 Å². The zero-order valence-corrected chi connectivity index (χ0v) is 13.9. The number of urea groups is 1. The van der Waals surface area contributed by atoms with Crippen LogP contribution in [-0.4, -0.2) is 49.3 Å². The molecule has 1 aromatic heterocycles. The molecule has 0 radical (unpaired) electrons. The van der Waals surface area contributed by atoms with Crippen molar-refractivity contribution in [1.29, 1.82) is 0 Å². The summed E-state index contributed by atoms with van der Waals surface area (Å²) >= 11 is 1.62. The van der Waals surface area contributed by atoms with Gasteiger partial charge < -0.3 is 19.7 Å². The van der Waals surface area contributed by atoms with Gasteiger partial charge in [0.2, 0.25) is 0 Å². The highest BCUT2D eigenvalue weighted by atomic mass is 32.1. The van der Waals surface area contributed by atoms with Gasteiger partial charge in [-0.15, -0.1) is 11.3 Å².